The van der Waals surface area contributed by atoms with E-state index in [1.807, 2.05) is 4.90 Å². The molecule has 6 heteroatoms. The minimum absolute atomic E-state index is 0. The predicted molar refractivity (Wildman–Crippen MR) is 65.6 cm³/mol. The normalized spacial score (nSPS) is 41.2. The van der Waals surface area contributed by atoms with Gasteiger partial charge < -0.3 is 9.47 Å². The highest BCUT2D eigenvalue weighted by molar-refractivity contribution is 6.05. The van der Waals surface area contributed by atoms with Crippen LogP contribution in [0.2, 0.25) is 0 Å². The lowest BCUT2D eigenvalue weighted by Crippen LogP contribution is -2.70. The second-order valence-corrected chi connectivity index (χ2v) is 5.02. The number of Topliss-reactive ketones (excluding diaryl/α,β-unsaturated/α-hetero) is 1. The minimum Gasteiger partial charge on any atom is -0.464 e. The van der Waals surface area contributed by atoms with Crippen LogP contribution in [0.3, 0.4) is 0 Å². The fourth-order valence-electron chi connectivity index (χ4n) is 3.43. The third-order valence-corrected chi connectivity index (χ3v) is 4.06. The van der Waals surface area contributed by atoms with Crippen LogP contribution in [0.15, 0.2) is 0 Å². The van der Waals surface area contributed by atoms with Crippen molar-refractivity contribution in [2.75, 3.05) is 19.8 Å². The van der Waals surface area contributed by atoms with E-state index in [-0.39, 0.29) is 42.2 Å². The van der Waals surface area contributed by atoms with Crippen molar-refractivity contribution in [1.82, 2.24) is 4.90 Å². The molecule has 0 aliphatic carbocycles. The second-order valence-electron chi connectivity index (χ2n) is 5.02. The van der Waals surface area contributed by atoms with E-state index in [1.54, 1.807) is 6.92 Å². The van der Waals surface area contributed by atoms with Crippen molar-refractivity contribution in [1.29, 1.82) is 0 Å². The molecular formula is C12H18ClNO4. The van der Waals surface area contributed by atoms with Gasteiger partial charge in [0.2, 0.25) is 0 Å². The first kappa shape index (κ1) is 13.8. The molecule has 0 amide bonds. The summed E-state index contributed by atoms with van der Waals surface area (Å²) >= 11 is 0. The molecule has 4 saturated heterocycles. The Morgan fingerprint density at radius 2 is 2.00 bits per heavy atom. The molecule has 5 nitrogen and oxygen atoms in total. The maximum absolute atomic E-state index is 12.2. The molecule has 4 fully saturated rings. The summed E-state index contributed by atoms with van der Waals surface area (Å²) in [4.78, 5) is 26.1. The monoisotopic (exact) mass is 275 g/mol. The molecule has 0 radical (unpaired) electrons. The number of nitrogens with zero attached hydrogens (tertiary/aromatic N) is 1. The highest BCUT2D eigenvalue weighted by atomic mass is 35.5. The van der Waals surface area contributed by atoms with E-state index in [1.165, 1.54) is 0 Å². The zero-order valence-electron chi connectivity index (χ0n) is 10.3. The second kappa shape index (κ2) is 5.15. The van der Waals surface area contributed by atoms with Crippen molar-refractivity contribution < 1.29 is 19.1 Å². The minimum atomic E-state index is -0.665. The van der Waals surface area contributed by atoms with Gasteiger partial charge >= 0.3 is 5.97 Å². The molecule has 0 saturated carbocycles. The molecule has 3 atom stereocenters. The standard InChI is InChI=1S/C12H17NO4.ClH/c1-2-17-12(15)10-11(14)7-3-8-5-16-6-9(4-7)13(8)10;/h7-10H,2-6H2,1H3;1H. The molecule has 4 aliphatic rings. The van der Waals surface area contributed by atoms with Gasteiger partial charge in [-0.3, -0.25) is 9.69 Å². The van der Waals surface area contributed by atoms with Gasteiger partial charge in [0.25, 0.3) is 0 Å². The van der Waals surface area contributed by atoms with E-state index in [0.717, 1.165) is 12.8 Å². The van der Waals surface area contributed by atoms with E-state index in [9.17, 15) is 9.59 Å². The van der Waals surface area contributed by atoms with Gasteiger partial charge in [-0.05, 0) is 19.8 Å². The van der Waals surface area contributed by atoms with Gasteiger partial charge in [0.15, 0.2) is 11.8 Å². The van der Waals surface area contributed by atoms with Crippen LogP contribution in [-0.4, -0.2) is 54.6 Å². The van der Waals surface area contributed by atoms with E-state index in [2.05, 4.69) is 0 Å². The molecule has 4 rings (SSSR count). The van der Waals surface area contributed by atoms with Crippen LogP contribution < -0.4 is 0 Å². The lowest BCUT2D eigenvalue weighted by molar-refractivity contribution is -0.182. The molecule has 18 heavy (non-hydrogen) atoms. The number of ether oxygens (including phenoxy) is 2. The molecule has 0 spiro atoms. The van der Waals surface area contributed by atoms with Gasteiger partial charge in [0, 0.05) is 18.0 Å². The van der Waals surface area contributed by atoms with Crippen molar-refractivity contribution in [2.24, 2.45) is 5.92 Å². The van der Waals surface area contributed by atoms with E-state index < -0.39 is 6.04 Å². The van der Waals surface area contributed by atoms with E-state index in [0.29, 0.717) is 19.8 Å². The molecule has 0 aromatic rings. The Balaban J connectivity index is 0.00000120. The summed E-state index contributed by atoms with van der Waals surface area (Å²) in [7, 11) is 0. The highest BCUT2D eigenvalue weighted by Crippen LogP contribution is 2.40. The third kappa shape index (κ3) is 1.94. The van der Waals surface area contributed by atoms with Crippen LogP contribution in [0.25, 0.3) is 0 Å². The molecule has 4 bridgehead atoms. The van der Waals surface area contributed by atoms with E-state index in [4.69, 9.17) is 9.47 Å². The lowest BCUT2D eigenvalue weighted by atomic mass is 9.73. The largest absolute Gasteiger partial charge is 0.464 e. The van der Waals surface area contributed by atoms with Gasteiger partial charge in [-0.25, -0.2) is 4.79 Å². The fraction of sp³-hybridized carbons (Fsp3) is 0.833. The van der Waals surface area contributed by atoms with Crippen molar-refractivity contribution in [3.63, 3.8) is 0 Å². The summed E-state index contributed by atoms with van der Waals surface area (Å²) in [5.41, 5.74) is 0. The van der Waals surface area contributed by atoms with Crippen molar-refractivity contribution in [2.45, 2.75) is 37.9 Å². The number of hydrogen-bond acceptors (Lipinski definition) is 5. The first-order chi connectivity index (χ1) is 8.22. The summed E-state index contributed by atoms with van der Waals surface area (Å²) in [5.74, 6) is -0.287. The van der Waals surface area contributed by atoms with Gasteiger partial charge in [-0.1, -0.05) is 0 Å². The zero-order chi connectivity index (χ0) is 12.0. The zero-order valence-corrected chi connectivity index (χ0v) is 11.1. The number of morpholine rings is 1. The van der Waals surface area contributed by atoms with Gasteiger partial charge in [0.05, 0.1) is 19.8 Å². The Labute approximate surface area is 112 Å². The Morgan fingerprint density at radius 3 is 2.56 bits per heavy atom. The molecule has 0 N–H and O–H groups in total. The number of hydrogen-bond donors (Lipinski definition) is 0. The summed E-state index contributed by atoms with van der Waals surface area (Å²) in [6.45, 7) is 3.36. The van der Waals surface area contributed by atoms with Crippen LogP contribution in [0.4, 0.5) is 0 Å². The SMILES string of the molecule is CCOC(=O)C1C(=O)C2CC3COCC(C2)N31.Cl. The van der Waals surface area contributed by atoms with Gasteiger partial charge in [0.1, 0.15) is 0 Å². The van der Waals surface area contributed by atoms with Crippen LogP contribution in [0.1, 0.15) is 19.8 Å². The average molecular weight is 276 g/mol. The molecule has 102 valence electrons. The van der Waals surface area contributed by atoms with Crippen molar-refractivity contribution in [3.8, 4) is 0 Å². The topological polar surface area (TPSA) is 55.8 Å². The number of ketones is 1. The number of carbonyl (C=O) groups excluding carboxylic acids is 2. The summed E-state index contributed by atoms with van der Waals surface area (Å²) < 4.78 is 10.5. The third-order valence-electron chi connectivity index (χ3n) is 4.06. The first-order valence-corrected chi connectivity index (χ1v) is 6.28. The Hall–Kier alpha value is -0.650. The number of piperidine rings is 3. The van der Waals surface area contributed by atoms with Crippen molar-refractivity contribution >= 4 is 24.2 Å². The Kier molecular flexibility index (Phi) is 3.94. The molecule has 0 aromatic heterocycles. The summed E-state index contributed by atoms with van der Waals surface area (Å²) in [6.07, 6.45) is 1.68. The van der Waals surface area contributed by atoms with E-state index >= 15 is 0 Å². The predicted octanol–water partition coefficient (Wildman–Crippen LogP) is 0.402. The molecule has 0 aromatic carbocycles. The number of fused-ring (bicyclic) bond motifs is 1. The van der Waals surface area contributed by atoms with Gasteiger partial charge in [-0.2, -0.15) is 0 Å². The number of halogens is 1. The average Bonchev–Trinajstić information content (AvgIpc) is 2.28. The number of esters is 1. The number of carbonyl (C=O) groups is 2. The first-order valence-electron chi connectivity index (χ1n) is 6.28. The summed E-state index contributed by atoms with van der Waals surface area (Å²) in [5, 5.41) is 0. The smallest absolute Gasteiger partial charge is 0.331 e. The Morgan fingerprint density at radius 1 is 1.39 bits per heavy atom. The van der Waals surface area contributed by atoms with Crippen LogP contribution in [-0.2, 0) is 19.1 Å². The van der Waals surface area contributed by atoms with Crippen LogP contribution in [0.5, 0.6) is 0 Å². The Bertz CT molecular complexity index is 348. The quantitative estimate of drug-likeness (QED) is 0.539. The highest BCUT2D eigenvalue weighted by Gasteiger charge is 2.55. The molecular weight excluding hydrogens is 258 g/mol. The lowest BCUT2D eigenvalue weighted by Gasteiger charge is -2.55. The number of rotatable bonds is 2. The van der Waals surface area contributed by atoms with Crippen LogP contribution in [0, 0.1) is 5.92 Å². The fourth-order valence-corrected chi connectivity index (χ4v) is 3.43. The van der Waals surface area contributed by atoms with Crippen molar-refractivity contribution in [3.05, 3.63) is 0 Å². The summed E-state index contributed by atoms with van der Waals surface area (Å²) in [6, 6.07) is -0.222. The molecule has 4 aliphatic heterocycles. The molecule has 4 heterocycles. The maximum Gasteiger partial charge on any atom is 0.331 e. The maximum atomic E-state index is 12.2. The van der Waals surface area contributed by atoms with Crippen LogP contribution >= 0.6 is 12.4 Å². The van der Waals surface area contributed by atoms with Gasteiger partial charge in [-0.15, -0.1) is 12.4 Å². The molecule has 3 unspecified atom stereocenters.